The summed E-state index contributed by atoms with van der Waals surface area (Å²) in [7, 11) is 0. The van der Waals surface area contributed by atoms with Crippen molar-refractivity contribution in [2.24, 2.45) is 17.6 Å². The van der Waals surface area contributed by atoms with Gasteiger partial charge >= 0.3 is 0 Å². The molecule has 0 aliphatic heterocycles. The monoisotopic (exact) mass is 361 g/mol. The van der Waals surface area contributed by atoms with Crippen LogP contribution in [0.5, 0.6) is 0 Å². The molecule has 7 atom stereocenters. The summed E-state index contributed by atoms with van der Waals surface area (Å²) in [5, 5.41) is 2.25. The normalized spacial score (nSPS) is 47.7. The Hall–Kier alpha value is 1.01. The van der Waals surface area contributed by atoms with Gasteiger partial charge in [-0.25, -0.2) is 0 Å². The molecule has 0 heterocycles. The molecule has 2 aliphatic carbocycles. The second-order valence-electron chi connectivity index (χ2n) is 7.87. The summed E-state index contributed by atoms with van der Waals surface area (Å²) in [6.07, 6.45) is 10.1. The van der Waals surface area contributed by atoms with Crippen molar-refractivity contribution in [1.82, 2.24) is 0 Å². The van der Waals surface area contributed by atoms with Crippen molar-refractivity contribution in [2.45, 2.75) is 98.7 Å². The zero-order chi connectivity index (χ0) is 16.3. The van der Waals surface area contributed by atoms with E-state index in [9.17, 15) is 0 Å². The molecule has 0 aromatic carbocycles. The third kappa shape index (κ3) is 4.55. The van der Waals surface area contributed by atoms with Crippen molar-refractivity contribution in [2.75, 3.05) is 0 Å². The van der Waals surface area contributed by atoms with Gasteiger partial charge in [0.25, 0.3) is 0 Å². The first-order valence-corrected chi connectivity index (χ1v) is 11.1. The Bertz CT molecular complexity index is 335. The highest BCUT2D eigenvalue weighted by molar-refractivity contribution is 8.02. The number of hydrogen-bond donors (Lipinski definition) is 3. The molecule has 1 nitrogen and oxygen atoms in total. The quantitative estimate of drug-likeness (QED) is 0.476. The maximum absolute atomic E-state index is 6.72. The first-order chi connectivity index (χ1) is 10.4. The Morgan fingerprint density at radius 3 is 2.32 bits per heavy atom. The fraction of sp³-hybridized carbons (Fsp3) is 1.00. The molecule has 0 aromatic heterocycles. The van der Waals surface area contributed by atoms with Crippen LogP contribution >= 0.6 is 37.0 Å². The molecule has 2 fully saturated rings. The standard InChI is InChI=1S/C18H35NS3/c1-4-13-17(15(21)10-7-11-18(13,3)19)22-16-12(2)8-5-6-9-14(16)20/h12-17,20-21H,4-11,19H2,1-3H3. The van der Waals surface area contributed by atoms with Crippen LogP contribution in [-0.2, 0) is 0 Å². The molecule has 0 bridgehead atoms. The van der Waals surface area contributed by atoms with Crippen molar-refractivity contribution >= 4 is 37.0 Å². The topological polar surface area (TPSA) is 26.0 Å². The molecule has 2 N–H and O–H groups in total. The van der Waals surface area contributed by atoms with Crippen molar-refractivity contribution in [1.29, 1.82) is 0 Å². The minimum Gasteiger partial charge on any atom is -0.325 e. The van der Waals surface area contributed by atoms with Gasteiger partial charge in [0.2, 0.25) is 0 Å². The van der Waals surface area contributed by atoms with E-state index in [4.69, 9.17) is 31.0 Å². The van der Waals surface area contributed by atoms with Crippen LogP contribution < -0.4 is 5.73 Å². The predicted octanol–water partition coefficient (Wildman–Crippen LogP) is 5.19. The average molecular weight is 362 g/mol. The second-order valence-corrected chi connectivity index (χ2v) is 10.6. The minimum absolute atomic E-state index is 0.0377. The fourth-order valence-electron chi connectivity index (χ4n) is 4.50. The summed E-state index contributed by atoms with van der Waals surface area (Å²) >= 11 is 12.2. The van der Waals surface area contributed by atoms with Crippen LogP contribution in [0.4, 0.5) is 0 Å². The van der Waals surface area contributed by atoms with E-state index in [2.05, 4.69) is 32.5 Å². The zero-order valence-corrected chi connectivity index (χ0v) is 17.1. The molecule has 0 amide bonds. The third-order valence-corrected chi connectivity index (χ3v) is 9.58. The van der Waals surface area contributed by atoms with Crippen molar-refractivity contribution in [3.05, 3.63) is 0 Å². The largest absolute Gasteiger partial charge is 0.325 e. The molecule has 22 heavy (non-hydrogen) atoms. The zero-order valence-electron chi connectivity index (χ0n) is 14.5. The van der Waals surface area contributed by atoms with E-state index < -0.39 is 0 Å². The molecule has 0 saturated heterocycles. The Kier molecular flexibility index (Phi) is 7.38. The maximum atomic E-state index is 6.72. The third-order valence-electron chi connectivity index (χ3n) is 5.94. The molecular formula is C18H35NS3. The highest BCUT2D eigenvalue weighted by Crippen LogP contribution is 2.46. The van der Waals surface area contributed by atoms with Crippen LogP contribution in [0.1, 0.15) is 72.1 Å². The van der Waals surface area contributed by atoms with Crippen molar-refractivity contribution in [3.8, 4) is 0 Å². The van der Waals surface area contributed by atoms with Crippen LogP contribution in [0, 0.1) is 11.8 Å². The summed E-state index contributed by atoms with van der Waals surface area (Å²) in [4.78, 5) is 0. The van der Waals surface area contributed by atoms with Gasteiger partial charge in [0.1, 0.15) is 0 Å². The second kappa shape index (κ2) is 8.40. The fourth-order valence-corrected chi connectivity index (χ4v) is 7.89. The molecule has 2 aliphatic rings. The molecule has 2 rings (SSSR count). The van der Waals surface area contributed by atoms with E-state index >= 15 is 0 Å². The predicted molar refractivity (Wildman–Crippen MR) is 109 cm³/mol. The maximum Gasteiger partial charge on any atom is 0.0212 e. The van der Waals surface area contributed by atoms with Crippen LogP contribution in [-0.4, -0.2) is 26.5 Å². The first-order valence-electron chi connectivity index (χ1n) is 9.17. The Morgan fingerprint density at radius 2 is 1.64 bits per heavy atom. The summed E-state index contributed by atoms with van der Waals surface area (Å²) in [5.41, 5.74) is 6.69. The van der Waals surface area contributed by atoms with Gasteiger partial charge in [-0.15, -0.1) is 0 Å². The average Bonchev–Trinajstić information content (AvgIpc) is 2.66. The first kappa shape index (κ1) is 19.3. The van der Waals surface area contributed by atoms with E-state index in [1.165, 1.54) is 44.9 Å². The number of thioether (sulfide) groups is 1. The number of hydrogen-bond acceptors (Lipinski definition) is 4. The molecule has 0 spiro atoms. The van der Waals surface area contributed by atoms with Gasteiger partial charge < -0.3 is 5.73 Å². The molecule has 0 aromatic rings. The van der Waals surface area contributed by atoms with Crippen LogP contribution in [0.2, 0.25) is 0 Å². The smallest absolute Gasteiger partial charge is 0.0212 e. The van der Waals surface area contributed by atoms with Gasteiger partial charge in [-0.3, -0.25) is 0 Å². The molecule has 7 unspecified atom stereocenters. The number of nitrogens with two attached hydrogens (primary N) is 1. The Morgan fingerprint density at radius 1 is 1.05 bits per heavy atom. The SMILES string of the molecule is CCC1C(SC2C(C)CCCCC2S)C(S)CCCC1(C)N. The van der Waals surface area contributed by atoms with Gasteiger partial charge in [0.05, 0.1) is 0 Å². The minimum atomic E-state index is -0.0377. The summed E-state index contributed by atoms with van der Waals surface area (Å²) in [6, 6.07) is 0. The van der Waals surface area contributed by atoms with E-state index in [1.54, 1.807) is 0 Å². The van der Waals surface area contributed by atoms with Gasteiger partial charge in [0, 0.05) is 26.5 Å². The highest BCUT2D eigenvalue weighted by atomic mass is 32.2. The van der Waals surface area contributed by atoms with E-state index in [1.807, 2.05) is 0 Å². The van der Waals surface area contributed by atoms with Gasteiger partial charge in [-0.05, 0) is 44.4 Å². The molecule has 4 heteroatoms. The number of rotatable bonds is 3. The summed E-state index contributed by atoms with van der Waals surface area (Å²) in [5.74, 6) is 1.33. The Labute approximate surface area is 153 Å². The van der Waals surface area contributed by atoms with Gasteiger partial charge in [-0.2, -0.15) is 37.0 Å². The van der Waals surface area contributed by atoms with E-state index in [0.717, 1.165) is 12.3 Å². The van der Waals surface area contributed by atoms with E-state index in [-0.39, 0.29) is 5.54 Å². The molecular weight excluding hydrogens is 326 g/mol. The van der Waals surface area contributed by atoms with Crippen molar-refractivity contribution in [3.63, 3.8) is 0 Å². The van der Waals surface area contributed by atoms with Gasteiger partial charge in [-0.1, -0.05) is 39.5 Å². The highest BCUT2D eigenvalue weighted by Gasteiger charge is 2.42. The molecule has 130 valence electrons. The lowest BCUT2D eigenvalue weighted by Gasteiger charge is -2.41. The molecule has 0 radical (unpaired) electrons. The lowest BCUT2D eigenvalue weighted by atomic mass is 9.80. The van der Waals surface area contributed by atoms with Crippen LogP contribution in [0.3, 0.4) is 0 Å². The number of thiol groups is 2. The van der Waals surface area contributed by atoms with E-state index in [0.29, 0.717) is 26.9 Å². The summed E-state index contributed by atoms with van der Waals surface area (Å²) < 4.78 is 0. The Balaban J connectivity index is 2.18. The van der Waals surface area contributed by atoms with Gasteiger partial charge in [0.15, 0.2) is 0 Å². The summed E-state index contributed by atoms with van der Waals surface area (Å²) in [6.45, 7) is 7.01. The lowest BCUT2D eigenvalue weighted by Crippen LogP contribution is -2.49. The van der Waals surface area contributed by atoms with Crippen LogP contribution in [0.15, 0.2) is 0 Å². The van der Waals surface area contributed by atoms with Crippen LogP contribution in [0.25, 0.3) is 0 Å². The lowest BCUT2D eigenvalue weighted by molar-refractivity contribution is 0.276. The van der Waals surface area contributed by atoms with Crippen molar-refractivity contribution < 1.29 is 0 Å². The molecule has 2 saturated carbocycles.